The van der Waals surface area contributed by atoms with E-state index in [1.807, 2.05) is 24.3 Å². The Hall–Kier alpha value is -1.39. The van der Waals surface area contributed by atoms with Crippen molar-refractivity contribution in [2.75, 3.05) is 19.8 Å². The van der Waals surface area contributed by atoms with Gasteiger partial charge in [0.25, 0.3) is 0 Å². The molecule has 1 aliphatic rings. The van der Waals surface area contributed by atoms with Crippen LogP contribution in [0.3, 0.4) is 0 Å². The Bertz CT molecular complexity index is 433. The minimum absolute atomic E-state index is 0.0945. The van der Waals surface area contributed by atoms with Gasteiger partial charge in [0, 0.05) is 19.1 Å². The summed E-state index contributed by atoms with van der Waals surface area (Å²) >= 11 is 0. The summed E-state index contributed by atoms with van der Waals surface area (Å²) in [6, 6.07) is 8.25. The van der Waals surface area contributed by atoms with Gasteiger partial charge in [-0.1, -0.05) is 31.2 Å². The number of rotatable bonds is 5. The highest BCUT2D eigenvalue weighted by molar-refractivity contribution is 5.70. The summed E-state index contributed by atoms with van der Waals surface area (Å²) in [5, 5.41) is 8.96. The maximum absolute atomic E-state index is 10.9. The van der Waals surface area contributed by atoms with Gasteiger partial charge in [0.2, 0.25) is 0 Å². The summed E-state index contributed by atoms with van der Waals surface area (Å²) in [4.78, 5) is 13.3. The minimum atomic E-state index is -0.776. The highest BCUT2D eigenvalue weighted by atomic mass is 16.5. The molecule has 1 atom stereocenters. The third kappa shape index (κ3) is 3.78. The number of aliphatic carboxylic acids is 1. The first-order valence-electron chi connectivity index (χ1n) is 6.81. The summed E-state index contributed by atoms with van der Waals surface area (Å²) < 4.78 is 5.50. The van der Waals surface area contributed by atoms with Gasteiger partial charge in [0.05, 0.1) is 19.6 Å². The Kier molecular flexibility index (Phi) is 4.93. The number of benzene rings is 1. The van der Waals surface area contributed by atoms with Crippen molar-refractivity contribution >= 4 is 5.97 Å². The second-order valence-corrected chi connectivity index (χ2v) is 4.95. The van der Waals surface area contributed by atoms with E-state index in [1.165, 1.54) is 0 Å². The Morgan fingerprint density at radius 2 is 2.16 bits per heavy atom. The monoisotopic (exact) mass is 263 g/mol. The normalized spacial score (nSPS) is 20.4. The molecule has 0 bridgehead atoms. The van der Waals surface area contributed by atoms with Crippen molar-refractivity contribution in [1.29, 1.82) is 0 Å². The van der Waals surface area contributed by atoms with E-state index < -0.39 is 5.97 Å². The molecule has 0 spiro atoms. The first-order valence-corrected chi connectivity index (χ1v) is 6.81. The van der Waals surface area contributed by atoms with Crippen LogP contribution >= 0.6 is 0 Å². The Balaban J connectivity index is 2.11. The van der Waals surface area contributed by atoms with Gasteiger partial charge in [-0.05, 0) is 17.5 Å². The van der Waals surface area contributed by atoms with Crippen LogP contribution < -0.4 is 0 Å². The largest absolute Gasteiger partial charge is 0.481 e. The third-order valence-electron chi connectivity index (χ3n) is 3.65. The molecule has 104 valence electrons. The average molecular weight is 263 g/mol. The van der Waals surface area contributed by atoms with Crippen LogP contribution in [0.1, 0.15) is 24.5 Å². The topological polar surface area (TPSA) is 49.8 Å². The zero-order valence-corrected chi connectivity index (χ0v) is 11.3. The van der Waals surface area contributed by atoms with Gasteiger partial charge in [-0.3, -0.25) is 9.69 Å². The molecule has 1 N–H and O–H groups in total. The predicted octanol–water partition coefficient (Wildman–Crippen LogP) is 1.92. The van der Waals surface area contributed by atoms with E-state index in [0.717, 1.165) is 43.9 Å². The molecule has 0 aromatic heterocycles. The molecule has 1 aromatic carbocycles. The van der Waals surface area contributed by atoms with Gasteiger partial charge in [-0.15, -0.1) is 0 Å². The molecule has 1 aromatic rings. The van der Waals surface area contributed by atoms with Crippen LogP contribution in [0.4, 0.5) is 0 Å². The molecule has 1 unspecified atom stereocenters. The lowest BCUT2D eigenvalue weighted by Crippen LogP contribution is -2.44. The summed E-state index contributed by atoms with van der Waals surface area (Å²) in [7, 11) is 0. The first-order chi connectivity index (χ1) is 9.20. The van der Waals surface area contributed by atoms with Crippen molar-refractivity contribution in [2.45, 2.75) is 32.4 Å². The minimum Gasteiger partial charge on any atom is -0.481 e. The van der Waals surface area contributed by atoms with E-state index in [4.69, 9.17) is 9.84 Å². The smallest absolute Gasteiger partial charge is 0.307 e. The van der Waals surface area contributed by atoms with E-state index >= 15 is 0 Å². The van der Waals surface area contributed by atoms with Gasteiger partial charge >= 0.3 is 5.97 Å². The molecular formula is C15H21NO3. The zero-order chi connectivity index (χ0) is 13.7. The van der Waals surface area contributed by atoms with Crippen molar-refractivity contribution in [2.24, 2.45) is 0 Å². The van der Waals surface area contributed by atoms with Crippen LogP contribution in [0.15, 0.2) is 24.3 Å². The molecule has 1 fully saturated rings. The fourth-order valence-corrected chi connectivity index (χ4v) is 2.54. The number of nitrogens with zero attached hydrogens (tertiary/aromatic N) is 1. The highest BCUT2D eigenvalue weighted by Crippen LogP contribution is 2.17. The van der Waals surface area contributed by atoms with Gasteiger partial charge in [0.1, 0.15) is 0 Å². The Morgan fingerprint density at radius 3 is 2.84 bits per heavy atom. The van der Waals surface area contributed by atoms with E-state index in [1.54, 1.807) is 0 Å². The number of hydrogen-bond acceptors (Lipinski definition) is 3. The summed E-state index contributed by atoms with van der Waals surface area (Å²) in [6.45, 7) is 5.43. The molecule has 1 aliphatic heterocycles. The maximum atomic E-state index is 10.9. The van der Waals surface area contributed by atoms with Crippen molar-refractivity contribution in [3.8, 4) is 0 Å². The van der Waals surface area contributed by atoms with Crippen molar-refractivity contribution < 1.29 is 14.6 Å². The van der Waals surface area contributed by atoms with E-state index in [0.29, 0.717) is 6.04 Å². The molecule has 1 saturated heterocycles. The van der Waals surface area contributed by atoms with E-state index in [2.05, 4.69) is 11.8 Å². The zero-order valence-electron chi connectivity index (χ0n) is 11.3. The number of carbonyl (C=O) groups is 1. The van der Waals surface area contributed by atoms with Gasteiger partial charge in [0.15, 0.2) is 0 Å². The van der Waals surface area contributed by atoms with Gasteiger partial charge in [-0.25, -0.2) is 0 Å². The van der Waals surface area contributed by atoms with Crippen LogP contribution in [-0.2, 0) is 22.5 Å². The van der Waals surface area contributed by atoms with Crippen molar-refractivity contribution in [3.05, 3.63) is 35.4 Å². The van der Waals surface area contributed by atoms with E-state index in [9.17, 15) is 4.79 Å². The number of hydrogen-bond donors (Lipinski definition) is 1. The second kappa shape index (κ2) is 6.68. The molecule has 0 saturated carbocycles. The Labute approximate surface area is 114 Å². The lowest BCUT2D eigenvalue weighted by atomic mass is 10.0. The molecule has 2 rings (SSSR count). The van der Waals surface area contributed by atoms with Crippen LogP contribution in [0.5, 0.6) is 0 Å². The lowest BCUT2D eigenvalue weighted by Gasteiger charge is -2.35. The summed E-state index contributed by atoms with van der Waals surface area (Å²) in [5.41, 5.74) is 2.03. The molecular weight excluding hydrogens is 242 g/mol. The quantitative estimate of drug-likeness (QED) is 0.882. The molecule has 0 aliphatic carbocycles. The Morgan fingerprint density at radius 1 is 1.42 bits per heavy atom. The fourth-order valence-electron chi connectivity index (χ4n) is 2.54. The molecule has 4 nitrogen and oxygen atoms in total. The number of morpholine rings is 1. The first kappa shape index (κ1) is 14.0. The van der Waals surface area contributed by atoms with Gasteiger partial charge < -0.3 is 9.84 Å². The molecule has 0 radical (unpaired) electrons. The maximum Gasteiger partial charge on any atom is 0.307 e. The van der Waals surface area contributed by atoms with Crippen LogP contribution in [0.2, 0.25) is 0 Å². The number of carboxylic acid groups (broad SMARTS) is 1. The van der Waals surface area contributed by atoms with Crippen LogP contribution in [-0.4, -0.2) is 41.8 Å². The van der Waals surface area contributed by atoms with Crippen molar-refractivity contribution in [1.82, 2.24) is 4.90 Å². The molecule has 4 heteroatoms. The highest BCUT2D eigenvalue weighted by Gasteiger charge is 2.22. The molecule has 0 amide bonds. The van der Waals surface area contributed by atoms with Crippen LogP contribution in [0, 0.1) is 0 Å². The van der Waals surface area contributed by atoms with Crippen LogP contribution in [0.25, 0.3) is 0 Å². The SMILES string of the molecule is CCC1COCCN1Cc1ccccc1CC(=O)O. The molecule has 19 heavy (non-hydrogen) atoms. The lowest BCUT2D eigenvalue weighted by molar-refractivity contribution is -0.136. The number of ether oxygens (including phenoxy) is 1. The van der Waals surface area contributed by atoms with Gasteiger partial charge in [-0.2, -0.15) is 0 Å². The fraction of sp³-hybridized carbons (Fsp3) is 0.533. The number of carboxylic acids is 1. The van der Waals surface area contributed by atoms with E-state index in [-0.39, 0.29) is 6.42 Å². The predicted molar refractivity (Wildman–Crippen MR) is 73.1 cm³/mol. The van der Waals surface area contributed by atoms with Crippen molar-refractivity contribution in [3.63, 3.8) is 0 Å². The second-order valence-electron chi connectivity index (χ2n) is 4.95. The third-order valence-corrected chi connectivity index (χ3v) is 3.65. The summed E-state index contributed by atoms with van der Waals surface area (Å²) in [6.07, 6.45) is 1.15. The standard InChI is InChI=1S/C15H21NO3/c1-2-14-11-19-8-7-16(14)10-13-6-4-3-5-12(13)9-15(17)18/h3-6,14H,2,7-11H2,1H3,(H,17,18). The average Bonchev–Trinajstić information content (AvgIpc) is 2.41. The molecule has 1 heterocycles. The summed E-state index contributed by atoms with van der Waals surface area (Å²) in [5.74, 6) is -0.776.